The summed E-state index contributed by atoms with van der Waals surface area (Å²) in [6.07, 6.45) is 2.81. The quantitative estimate of drug-likeness (QED) is 0.896. The molecule has 1 saturated carbocycles. The highest BCUT2D eigenvalue weighted by atomic mass is 16.5. The van der Waals surface area contributed by atoms with Crippen molar-refractivity contribution in [3.05, 3.63) is 24.3 Å². The first kappa shape index (κ1) is 14.4. The number of carbonyl (C=O) groups is 2. The van der Waals surface area contributed by atoms with E-state index in [1.807, 2.05) is 0 Å². The Bertz CT molecular complexity index is 500. The van der Waals surface area contributed by atoms with Crippen LogP contribution >= 0.6 is 0 Å². The SMILES string of the molecule is COc1cccc(NC(=O)[C@H]2CCCC[C@H]2C(=O)[O-])c1. The number of methoxy groups -OCH3 is 1. The van der Waals surface area contributed by atoms with Crippen molar-refractivity contribution < 1.29 is 19.4 Å². The number of benzene rings is 1. The van der Waals surface area contributed by atoms with Gasteiger partial charge in [0.2, 0.25) is 5.91 Å². The fourth-order valence-electron chi connectivity index (χ4n) is 2.66. The maximum Gasteiger partial charge on any atom is 0.228 e. The summed E-state index contributed by atoms with van der Waals surface area (Å²) in [6.45, 7) is 0. The largest absolute Gasteiger partial charge is 0.550 e. The molecule has 0 radical (unpaired) electrons. The molecule has 5 nitrogen and oxygen atoms in total. The Kier molecular flexibility index (Phi) is 4.61. The molecule has 1 aliphatic carbocycles. The molecule has 1 amide bonds. The molecule has 20 heavy (non-hydrogen) atoms. The van der Waals surface area contributed by atoms with Crippen LogP contribution < -0.4 is 15.2 Å². The molecule has 1 aromatic carbocycles. The van der Waals surface area contributed by atoms with E-state index in [9.17, 15) is 14.7 Å². The van der Waals surface area contributed by atoms with Gasteiger partial charge in [0.05, 0.1) is 7.11 Å². The van der Waals surface area contributed by atoms with Gasteiger partial charge in [0.1, 0.15) is 5.75 Å². The summed E-state index contributed by atoms with van der Waals surface area (Å²) in [5.74, 6) is -1.94. The molecular formula is C15H18NO4-. The Balaban J connectivity index is 2.07. The molecule has 0 saturated heterocycles. The van der Waals surface area contributed by atoms with Crippen LogP contribution in [0.4, 0.5) is 5.69 Å². The molecular weight excluding hydrogens is 258 g/mol. The highest BCUT2D eigenvalue weighted by Crippen LogP contribution is 2.31. The number of hydrogen-bond acceptors (Lipinski definition) is 4. The van der Waals surface area contributed by atoms with E-state index in [-0.39, 0.29) is 5.91 Å². The number of carbonyl (C=O) groups excluding carboxylic acids is 2. The van der Waals surface area contributed by atoms with Crippen molar-refractivity contribution >= 4 is 17.6 Å². The van der Waals surface area contributed by atoms with Crippen molar-refractivity contribution in [2.45, 2.75) is 25.7 Å². The second-order valence-electron chi connectivity index (χ2n) is 5.04. The molecule has 108 valence electrons. The minimum absolute atomic E-state index is 0.257. The first-order chi connectivity index (χ1) is 9.61. The van der Waals surface area contributed by atoms with Crippen LogP contribution in [0.25, 0.3) is 0 Å². The van der Waals surface area contributed by atoms with E-state index in [1.54, 1.807) is 31.4 Å². The van der Waals surface area contributed by atoms with Crippen LogP contribution in [0.5, 0.6) is 5.75 Å². The highest BCUT2D eigenvalue weighted by Gasteiger charge is 2.31. The monoisotopic (exact) mass is 276 g/mol. The van der Waals surface area contributed by atoms with Crippen LogP contribution in [-0.2, 0) is 9.59 Å². The lowest BCUT2D eigenvalue weighted by molar-refractivity contribution is -0.313. The third-order valence-corrected chi connectivity index (χ3v) is 3.74. The molecule has 2 rings (SSSR count). The topological polar surface area (TPSA) is 78.5 Å². The summed E-state index contributed by atoms with van der Waals surface area (Å²) in [5.41, 5.74) is 0.608. The zero-order valence-electron chi connectivity index (χ0n) is 11.4. The molecule has 0 bridgehead atoms. The number of carboxylic acids is 1. The van der Waals surface area contributed by atoms with Crippen molar-refractivity contribution in [2.75, 3.05) is 12.4 Å². The number of nitrogens with one attached hydrogen (secondary N) is 1. The van der Waals surface area contributed by atoms with E-state index in [4.69, 9.17) is 4.74 Å². The van der Waals surface area contributed by atoms with E-state index in [0.29, 0.717) is 24.3 Å². The van der Waals surface area contributed by atoms with Crippen LogP contribution in [0, 0.1) is 11.8 Å². The Hall–Kier alpha value is -2.04. The van der Waals surface area contributed by atoms with E-state index < -0.39 is 17.8 Å². The lowest BCUT2D eigenvalue weighted by Crippen LogP contribution is -2.42. The summed E-state index contributed by atoms with van der Waals surface area (Å²) in [7, 11) is 1.55. The summed E-state index contributed by atoms with van der Waals surface area (Å²) < 4.78 is 5.09. The fourth-order valence-corrected chi connectivity index (χ4v) is 2.66. The van der Waals surface area contributed by atoms with Gasteiger partial charge < -0.3 is 20.0 Å². The minimum Gasteiger partial charge on any atom is -0.550 e. The van der Waals surface area contributed by atoms with E-state index in [0.717, 1.165) is 12.8 Å². The normalized spacial score (nSPS) is 22.1. The molecule has 5 heteroatoms. The number of ether oxygens (including phenoxy) is 1. The molecule has 1 N–H and O–H groups in total. The number of carboxylic acid groups (broad SMARTS) is 1. The zero-order chi connectivity index (χ0) is 14.5. The highest BCUT2D eigenvalue weighted by molar-refractivity contribution is 5.95. The number of anilines is 1. The van der Waals surface area contributed by atoms with Crippen molar-refractivity contribution in [3.8, 4) is 5.75 Å². The predicted molar refractivity (Wildman–Crippen MR) is 72.1 cm³/mol. The summed E-state index contributed by atoms with van der Waals surface area (Å²) in [6, 6.07) is 7.00. The van der Waals surface area contributed by atoms with Gasteiger partial charge in [-0.2, -0.15) is 0 Å². The number of hydrogen-bond donors (Lipinski definition) is 1. The van der Waals surface area contributed by atoms with E-state index in [1.165, 1.54) is 0 Å². The number of rotatable bonds is 4. The van der Waals surface area contributed by atoms with Gasteiger partial charge in [-0.1, -0.05) is 18.9 Å². The molecule has 0 heterocycles. The summed E-state index contributed by atoms with van der Waals surface area (Å²) in [5, 5.41) is 13.9. The predicted octanol–water partition coefficient (Wildman–Crippen LogP) is 1.19. The van der Waals surface area contributed by atoms with Gasteiger partial charge in [0, 0.05) is 29.6 Å². The maximum atomic E-state index is 12.2. The second kappa shape index (κ2) is 6.41. The second-order valence-corrected chi connectivity index (χ2v) is 5.04. The molecule has 0 aromatic heterocycles. The van der Waals surface area contributed by atoms with Crippen molar-refractivity contribution in [1.29, 1.82) is 0 Å². The van der Waals surface area contributed by atoms with Crippen LogP contribution in [0.3, 0.4) is 0 Å². The minimum atomic E-state index is -1.13. The van der Waals surface area contributed by atoms with Crippen molar-refractivity contribution in [3.63, 3.8) is 0 Å². The van der Waals surface area contributed by atoms with Gasteiger partial charge in [-0.25, -0.2) is 0 Å². The lowest BCUT2D eigenvalue weighted by Gasteiger charge is -2.31. The van der Waals surface area contributed by atoms with Crippen molar-refractivity contribution in [1.82, 2.24) is 0 Å². The number of aliphatic carboxylic acids is 1. The Morgan fingerprint density at radius 2 is 1.95 bits per heavy atom. The Morgan fingerprint density at radius 3 is 2.60 bits per heavy atom. The zero-order valence-corrected chi connectivity index (χ0v) is 11.4. The molecule has 1 aliphatic rings. The summed E-state index contributed by atoms with van der Waals surface area (Å²) >= 11 is 0. The molecule has 0 unspecified atom stereocenters. The van der Waals surface area contributed by atoms with E-state index >= 15 is 0 Å². The van der Waals surface area contributed by atoms with Crippen LogP contribution in [0.15, 0.2) is 24.3 Å². The van der Waals surface area contributed by atoms with Gasteiger partial charge in [-0.05, 0) is 25.0 Å². The molecule has 2 atom stereocenters. The van der Waals surface area contributed by atoms with Crippen molar-refractivity contribution in [2.24, 2.45) is 11.8 Å². The fraction of sp³-hybridized carbons (Fsp3) is 0.467. The van der Waals surface area contributed by atoms with Crippen LogP contribution in [0.1, 0.15) is 25.7 Å². The summed E-state index contributed by atoms with van der Waals surface area (Å²) in [4.78, 5) is 23.3. The Morgan fingerprint density at radius 1 is 1.25 bits per heavy atom. The molecule has 0 spiro atoms. The standard InChI is InChI=1S/C15H19NO4/c1-20-11-6-4-5-10(9-11)16-14(17)12-7-2-3-8-13(12)15(18)19/h4-6,9,12-13H,2-3,7-8H2,1H3,(H,16,17)(H,18,19)/p-1/t12-,13+/m0/s1. The maximum absolute atomic E-state index is 12.2. The van der Waals surface area contributed by atoms with Crippen LogP contribution in [-0.4, -0.2) is 19.0 Å². The van der Waals surface area contributed by atoms with Crippen LogP contribution in [0.2, 0.25) is 0 Å². The first-order valence-electron chi connectivity index (χ1n) is 6.77. The molecule has 1 fully saturated rings. The van der Waals surface area contributed by atoms with E-state index in [2.05, 4.69) is 5.32 Å². The van der Waals surface area contributed by atoms with Gasteiger partial charge in [-0.15, -0.1) is 0 Å². The smallest absolute Gasteiger partial charge is 0.228 e. The van der Waals surface area contributed by atoms with Gasteiger partial charge in [0.15, 0.2) is 0 Å². The molecule has 1 aromatic rings. The van der Waals surface area contributed by atoms with Gasteiger partial charge in [-0.3, -0.25) is 4.79 Å². The Labute approximate surface area is 117 Å². The average molecular weight is 276 g/mol. The molecule has 0 aliphatic heterocycles. The third kappa shape index (κ3) is 3.29. The average Bonchev–Trinajstić information content (AvgIpc) is 2.47. The number of amides is 1. The lowest BCUT2D eigenvalue weighted by atomic mass is 9.78. The third-order valence-electron chi connectivity index (χ3n) is 3.74. The first-order valence-corrected chi connectivity index (χ1v) is 6.77. The van der Waals surface area contributed by atoms with Gasteiger partial charge in [0.25, 0.3) is 0 Å². The van der Waals surface area contributed by atoms with Gasteiger partial charge >= 0.3 is 0 Å².